The summed E-state index contributed by atoms with van der Waals surface area (Å²) < 4.78 is 10.0. The molecule has 0 aliphatic rings. The molecule has 0 spiro atoms. The van der Waals surface area contributed by atoms with Crippen LogP contribution in [0.2, 0.25) is 0 Å². The quantitative estimate of drug-likeness (QED) is 0.447. The zero-order valence-electron chi connectivity index (χ0n) is 7.79. The fraction of sp³-hybridized carbons (Fsp3) is 0.889. The first kappa shape index (κ1) is 11.9. The first-order valence-electron chi connectivity index (χ1n) is 4.48. The van der Waals surface area contributed by atoms with Crippen molar-refractivity contribution >= 4 is 0 Å². The van der Waals surface area contributed by atoms with Crippen molar-refractivity contribution in [1.82, 2.24) is 0 Å². The highest BCUT2D eigenvalue weighted by Crippen LogP contribution is 1.97. The Kier molecular flexibility index (Phi) is 8.88. The molecule has 0 aromatic heterocycles. The third kappa shape index (κ3) is 7.98. The minimum absolute atomic E-state index is 0.446. The first-order valence-corrected chi connectivity index (χ1v) is 4.48. The lowest BCUT2D eigenvalue weighted by atomic mass is 10.3. The van der Waals surface area contributed by atoms with Crippen LogP contribution in [0.3, 0.4) is 0 Å². The lowest BCUT2D eigenvalue weighted by Gasteiger charge is -2.10. The second kappa shape index (κ2) is 8.97. The van der Waals surface area contributed by atoms with E-state index in [1.54, 1.807) is 0 Å². The molecule has 0 rings (SSSR count). The van der Waals surface area contributed by atoms with Crippen molar-refractivity contribution in [3.8, 4) is 0 Å². The van der Waals surface area contributed by atoms with Crippen molar-refractivity contribution in [3.63, 3.8) is 0 Å². The predicted molar refractivity (Wildman–Crippen MR) is 47.7 cm³/mol. The van der Waals surface area contributed by atoms with E-state index in [4.69, 9.17) is 9.47 Å². The largest absolute Gasteiger partial charge is 0.381 e. The molecule has 0 fully saturated rings. The SMILES string of the molecule is [CH2]COCCC(O)OCCCC. The van der Waals surface area contributed by atoms with E-state index >= 15 is 0 Å². The third-order valence-electron chi connectivity index (χ3n) is 1.46. The van der Waals surface area contributed by atoms with Gasteiger partial charge in [0.05, 0.1) is 6.61 Å². The Balaban J connectivity index is 3.04. The van der Waals surface area contributed by atoms with E-state index in [0.717, 1.165) is 12.8 Å². The molecule has 1 unspecified atom stereocenters. The molecular formula is C9H19O3. The van der Waals surface area contributed by atoms with Gasteiger partial charge in [-0.1, -0.05) is 13.3 Å². The molecule has 0 saturated heterocycles. The summed E-state index contributed by atoms with van der Waals surface area (Å²) in [5.74, 6) is 0. The monoisotopic (exact) mass is 175 g/mol. The van der Waals surface area contributed by atoms with E-state index in [2.05, 4.69) is 13.8 Å². The van der Waals surface area contributed by atoms with Crippen LogP contribution in [0.5, 0.6) is 0 Å². The van der Waals surface area contributed by atoms with Gasteiger partial charge in [-0.15, -0.1) is 0 Å². The van der Waals surface area contributed by atoms with Gasteiger partial charge in [-0.05, 0) is 13.3 Å². The summed E-state index contributed by atoms with van der Waals surface area (Å²) in [5, 5.41) is 9.18. The van der Waals surface area contributed by atoms with Gasteiger partial charge in [-0.25, -0.2) is 0 Å². The van der Waals surface area contributed by atoms with Crippen LogP contribution < -0.4 is 0 Å². The number of aliphatic hydroxyl groups excluding tert-OH is 1. The summed E-state index contributed by atoms with van der Waals surface area (Å²) in [6.45, 7) is 7.18. The molecule has 0 bridgehead atoms. The van der Waals surface area contributed by atoms with Crippen LogP contribution >= 0.6 is 0 Å². The number of hydrogen-bond acceptors (Lipinski definition) is 3. The van der Waals surface area contributed by atoms with Gasteiger partial charge in [0, 0.05) is 19.6 Å². The Morgan fingerprint density at radius 3 is 2.75 bits per heavy atom. The Labute approximate surface area is 74.7 Å². The van der Waals surface area contributed by atoms with Crippen LogP contribution in [0.25, 0.3) is 0 Å². The summed E-state index contributed by atoms with van der Waals surface area (Å²) >= 11 is 0. The van der Waals surface area contributed by atoms with Crippen molar-refractivity contribution in [2.45, 2.75) is 32.5 Å². The minimum Gasteiger partial charge on any atom is -0.381 e. The van der Waals surface area contributed by atoms with Gasteiger partial charge < -0.3 is 14.6 Å². The zero-order chi connectivity index (χ0) is 9.23. The van der Waals surface area contributed by atoms with Gasteiger partial charge in [-0.3, -0.25) is 0 Å². The number of aliphatic hydroxyl groups is 1. The molecule has 73 valence electrons. The fourth-order valence-electron chi connectivity index (χ4n) is 0.733. The van der Waals surface area contributed by atoms with Gasteiger partial charge in [0.1, 0.15) is 0 Å². The van der Waals surface area contributed by atoms with Crippen molar-refractivity contribution in [2.75, 3.05) is 19.8 Å². The second-order valence-electron chi connectivity index (χ2n) is 2.58. The molecule has 1 N–H and O–H groups in total. The summed E-state index contributed by atoms with van der Waals surface area (Å²) in [6, 6.07) is 0. The van der Waals surface area contributed by atoms with E-state index < -0.39 is 6.29 Å². The standard InChI is InChI=1S/C9H19O3/c1-3-5-7-12-9(10)6-8-11-4-2/h9-10H,2-8H2,1H3. The van der Waals surface area contributed by atoms with Gasteiger partial charge >= 0.3 is 0 Å². The molecule has 12 heavy (non-hydrogen) atoms. The molecule has 3 heteroatoms. The number of ether oxygens (including phenoxy) is 2. The fourth-order valence-corrected chi connectivity index (χ4v) is 0.733. The van der Waals surface area contributed by atoms with E-state index in [1.807, 2.05) is 0 Å². The van der Waals surface area contributed by atoms with E-state index in [1.165, 1.54) is 0 Å². The average Bonchev–Trinajstić information content (AvgIpc) is 2.06. The summed E-state index contributed by atoms with van der Waals surface area (Å²) in [6.07, 6.45) is 1.93. The van der Waals surface area contributed by atoms with Crippen molar-refractivity contribution in [2.24, 2.45) is 0 Å². The normalized spacial score (nSPS) is 13.2. The summed E-state index contributed by atoms with van der Waals surface area (Å²) in [5.41, 5.74) is 0. The van der Waals surface area contributed by atoms with Crippen LogP contribution in [0, 0.1) is 6.92 Å². The van der Waals surface area contributed by atoms with Crippen LogP contribution in [0.4, 0.5) is 0 Å². The minimum atomic E-state index is -0.678. The predicted octanol–water partition coefficient (Wildman–Crippen LogP) is 1.36. The lowest BCUT2D eigenvalue weighted by Crippen LogP contribution is -2.15. The molecule has 0 aromatic rings. The van der Waals surface area contributed by atoms with E-state index in [0.29, 0.717) is 26.2 Å². The zero-order valence-corrected chi connectivity index (χ0v) is 7.79. The van der Waals surface area contributed by atoms with Gasteiger partial charge in [0.15, 0.2) is 6.29 Å². The summed E-state index contributed by atoms with van der Waals surface area (Å²) in [4.78, 5) is 0. The Hall–Kier alpha value is -0.120. The Morgan fingerprint density at radius 1 is 1.42 bits per heavy atom. The highest BCUT2D eigenvalue weighted by molar-refractivity contribution is 4.42. The van der Waals surface area contributed by atoms with Crippen molar-refractivity contribution in [3.05, 3.63) is 6.92 Å². The van der Waals surface area contributed by atoms with Crippen molar-refractivity contribution < 1.29 is 14.6 Å². The molecule has 0 heterocycles. The molecular weight excluding hydrogens is 156 g/mol. The van der Waals surface area contributed by atoms with Crippen molar-refractivity contribution in [1.29, 1.82) is 0 Å². The maximum atomic E-state index is 9.18. The lowest BCUT2D eigenvalue weighted by molar-refractivity contribution is -0.112. The maximum Gasteiger partial charge on any atom is 0.156 e. The topological polar surface area (TPSA) is 38.7 Å². The van der Waals surface area contributed by atoms with Gasteiger partial charge in [-0.2, -0.15) is 0 Å². The number of hydrogen-bond donors (Lipinski definition) is 1. The molecule has 0 amide bonds. The Bertz CT molecular complexity index is 75.8. The second-order valence-corrected chi connectivity index (χ2v) is 2.58. The maximum absolute atomic E-state index is 9.18. The summed E-state index contributed by atoms with van der Waals surface area (Å²) in [7, 11) is 0. The van der Waals surface area contributed by atoms with Crippen LogP contribution in [0.1, 0.15) is 26.2 Å². The number of rotatable bonds is 8. The van der Waals surface area contributed by atoms with Crippen LogP contribution in [0.15, 0.2) is 0 Å². The smallest absolute Gasteiger partial charge is 0.156 e. The number of unbranched alkanes of at least 4 members (excludes halogenated alkanes) is 1. The molecule has 1 atom stereocenters. The third-order valence-corrected chi connectivity index (χ3v) is 1.46. The van der Waals surface area contributed by atoms with Gasteiger partial charge in [0.2, 0.25) is 0 Å². The van der Waals surface area contributed by atoms with Crippen LogP contribution in [-0.2, 0) is 9.47 Å². The molecule has 0 aromatic carbocycles. The molecule has 3 nitrogen and oxygen atoms in total. The van der Waals surface area contributed by atoms with Crippen LogP contribution in [-0.4, -0.2) is 31.2 Å². The van der Waals surface area contributed by atoms with E-state index in [-0.39, 0.29) is 0 Å². The molecule has 1 radical (unpaired) electrons. The Morgan fingerprint density at radius 2 is 2.17 bits per heavy atom. The first-order chi connectivity index (χ1) is 5.81. The highest BCUT2D eigenvalue weighted by atomic mass is 16.6. The van der Waals surface area contributed by atoms with Gasteiger partial charge in [0.25, 0.3) is 0 Å². The highest BCUT2D eigenvalue weighted by Gasteiger charge is 2.02. The molecule has 0 saturated carbocycles. The average molecular weight is 175 g/mol. The van der Waals surface area contributed by atoms with E-state index in [9.17, 15) is 5.11 Å². The molecule has 0 aliphatic carbocycles. The molecule has 0 aliphatic heterocycles.